The molecule has 2 aromatic heterocycles. The molecule has 4 rings (SSSR count). The van der Waals surface area contributed by atoms with E-state index in [9.17, 15) is 13.2 Å². The quantitative estimate of drug-likeness (QED) is 0.394. The van der Waals surface area contributed by atoms with Crippen LogP contribution >= 0.6 is 11.8 Å². The van der Waals surface area contributed by atoms with E-state index in [1.165, 1.54) is 36.0 Å². The van der Waals surface area contributed by atoms with Crippen molar-refractivity contribution in [3.05, 3.63) is 78.2 Å². The highest BCUT2D eigenvalue weighted by Gasteiger charge is 2.15. The van der Waals surface area contributed by atoms with E-state index in [0.29, 0.717) is 16.7 Å². The van der Waals surface area contributed by atoms with Gasteiger partial charge < -0.3 is 10.3 Å². The van der Waals surface area contributed by atoms with Crippen LogP contribution in [-0.4, -0.2) is 21.2 Å². The van der Waals surface area contributed by atoms with E-state index in [4.69, 9.17) is 0 Å². The second kappa shape index (κ2) is 8.00. The minimum atomic E-state index is -0.714. The minimum Gasteiger partial charge on any atom is -0.338 e. The Labute approximate surface area is 169 Å². The highest BCUT2D eigenvalue weighted by atomic mass is 32.2. The van der Waals surface area contributed by atoms with Crippen molar-refractivity contribution in [2.75, 3.05) is 11.6 Å². The Hall–Kier alpha value is -3.26. The molecule has 0 fully saturated rings. The van der Waals surface area contributed by atoms with Crippen LogP contribution in [-0.2, 0) is 0 Å². The Balaban J connectivity index is 1.73. The fraction of sp³-hybridized carbons (Fsp3) is 0.0476. The summed E-state index contributed by atoms with van der Waals surface area (Å²) in [5, 5.41) is 3.56. The zero-order valence-corrected chi connectivity index (χ0v) is 16.0. The van der Waals surface area contributed by atoms with Crippen LogP contribution in [0.15, 0.2) is 66.0 Å². The lowest BCUT2D eigenvalue weighted by Gasteiger charge is -2.09. The van der Waals surface area contributed by atoms with Gasteiger partial charge in [0.15, 0.2) is 5.16 Å². The number of nitrogens with one attached hydrogen (secondary N) is 2. The summed E-state index contributed by atoms with van der Waals surface area (Å²) in [6, 6.07) is 12.9. The van der Waals surface area contributed by atoms with Crippen LogP contribution in [0.3, 0.4) is 0 Å². The van der Waals surface area contributed by atoms with Crippen molar-refractivity contribution in [3.63, 3.8) is 0 Å². The van der Waals surface area contributed by atoms with Gasteiger partial charge in [-0.15, -0.1) is 0 Å². The number of pyridine rings is 1. The SMILES string of the molecule is CSc1nc(-c2ccnc(Nc3ccc(F)cc3F)c2)c(-c2ccc(F)cc2)[nH]1. The number of aromatic nitrogens is 3. The van der Waals surface area contributed by atoms with Crippen LogP contribution in [0.4, 0.5) is 24.7 Å². The normalized spacial score (nSPS) is 10.9. The van der Waals surface area contributed by atoms with Gasteiger partial charge in [0.2, 0.25) is 0 Å². The Morgan fingerprint density at radius 3 is 2.38 bits per heavy atom. The third-order valence-electron chi connectivity index (χ3n) is 4.24. The first kappa shape index (κ1) is 19.1. The molecule has 2 aromatic carbocycles. The molecular formula is C21H15F3N4S. The Morgan fingerprint density at radius 1 is 0.897 bits per heavy atom. The maximum absolute atomic E-state index is 13.9. The van der Waals surface area contributed by atoms with Crippen molar-refractivity contribution in [2.24, 2.45) is 0 Å². The summed E-state index contributed by atoms with van der Waals surface area (Å²) in [5.74, 6) is -1.31. The van der Waals surface area contributed by atoms with Crippen LogP contribution in [0, 0.1) is 17.5 Å². The van der Waals surface area contributed by atoms with Crippen LogP contribution in [0.25, 0.3) is 22.5 Å². The van der Waals surface area contributed by atoms with Gasteiger partial charge in [-0.3, -0.25) is 0 Å². The maximum atomic E-state index is 13.9. The molecule has 2 heterocycles. The van der Waals surface area contributed by atoms with Gasteiger partial charge in [0, 0.05) is 23.4 Å². The third-order valence-corrected chi connectivity index (χ3v) is 4.82. The largest absolute Gasteiger partial charge is 0.338 e. The molecule has 0 atom stereocenters. The molecule has 0 radical (unpaired) electrons. The monoisotopic (exact) mass is 412 g/mol. The van der Waals surface area contributed by atoms with Crippen molar-refractivity contribution < 1.29 is 13.2 Å². The van der Waals surface area contributed by atoms with Gasteiger partial charge in [-0.25, -0.2) is 23.1 Å². The number of hydrogen-bond acceptors (Lipinski definition) is 4. The number of hydrogen-bond donors (Lipinski definition) is 2. The molecule has 0 bridgehead atoms. The van der Waals surface area contributed by atoms with E-state index in [2.05, 4.69) is 20.3 Å². The Morgan fingerprint density at radius 2 is 1.66 bits per heavy atom. The Bertz CT molecular complexity index is 1160. The summed E-state index contributed by atoms with van der Waals surface area (Å²) in [7, 11) is 0. The van der Waals surface area contributed by atoms with Gasteiger partial charge in [-0.1, -0.05) is 11.8 Å². The second-order valence-electron chi connectivity index (χ2n) is 6.16. The predicted octanol–water partition coefficient (Wildman–Crippen LogP) is 6.02. The molecule has 0 aliphatic rings. The molecule has 0 aliphatic carbocycles. The van der Waals surface area contributed by atoms with Crippen molar-refractivity contribution in [1.29, 1.82) is 0 Å². The average molecular weight is 412 g/mol. The van der Waals surface area contributed by atoms with Crippen molar-refractivity contribution in [3.8, 4) is 22.5 Å². The lowest BCUT2D eigenvalue weighted by atomic mass is 10.1. The lowest BCUT2D eigenvalue weighted by Crippen LogP contribution is -1.97. The lowest BCUT2D eigenvalue weighted by molar-refractivity contribution is 0.586. The summed E-state index contributed by atoms with van der Waals surface area (Å²) in [6.07, 6.45) is 3.47. The fourth-order valence-electron chi connectivity index (χ4n) is 2.86. The van der Waals surface area contributed by atoms with Crippen LogP contribution < -0.4 is 5.32 Å². The van der Waals surface area contributed by atoms with Crippen LogP contribution in [0.1, 0.15) is 0 Å². The van der Waals surface area contributed by atoms with Crippen molar-refractivity contribution >= 4 is 23.3 Å². The standard InChI is InChI=1S/C21H15F3N4S/c1-29-21-27-19(12-2-4-14(22)5-3-12)20(28-21)13-8-9-25-18(10-13)26-17-7-6-15(23)11-16(17)24/h2-11H,1H3,(H,25,26)(H,27,28). The summed E-state index contributed by atoms with van der Waals surface area (Å²) in [6.45, 7) is 0. The number of imidazole rings is 1. The topological polar surface area (TPSA) is 53.6 Å². The van der Waals surface area contributed by atoms with Gasteiger partial charge in [-0.05, 0) is 54.8 Å². The number of benzene rings is 2. The van der Waals surface area contributed by atoms with Gasteiger partial charge in [0.1, 0.15) is 23.3 Å². The molecule has 0 spiro atoms. The molecule has 0 saturated heterocycles. The van der Waals surface area contributed by atoms with Crippen LogP contribution in [0.2, 0.25) is 0 Å². The molecule has 29 heavy (non-hydrogen) atoms. The smallest absolute Gasteiger partial charge is 0.166 e. The van der Waals surface area contributed by atoms with Gasteiger partial charge in [0.05, 0.1) is 17.1 Å². The molecule has 146 valence electrons. The molecule has 0 amide bonds. The van der Waals surface area contributed by atoms with Crippen LogP contribution in [0.5, 0.6) is 0 Å². The summed E-state index contributed by atoms with van der Waals surface area (Å²) in [5.41, 5.74) is 3.03. The number of aromatic amines is 1. The molecule has 0 unspecified atom stereocenters. The fourth-order valence-corrected chi connectivity index (χ4v) is 3.24. The van der Waals surface area contributed by atoms with E-state index in [0.717, 1.165) is 22.9 Å². The minimum absolute atomic E-state index is 0.113. The molecule has 4 nitrogen and oxygen atoms in total. The molecule has 0 saturated carbocycles. The van der Waals surface area contributed by atoms with Gasteiger partial charge in [-0.2, -0.15) is 0 Å². The summed E-state index contributed by atoms with van der Waals surface area (Å²) < 4.78 is 40.4. The third kappa shape index (κ3) is 4.12. The zero-order valence-electron chi connectivity index (χ0n) is 15.2. The first-order valence-corrected chi connectivity index (χ1v) is 9.84. The molecule has 2 N–H and O–H groups in total. The summed E-state index contributed by atoms with van der Waals surface area (Å²) >= 11 is 1.45. The molecule has 8 heteroatoms. The maximum Gasteiger partial charge on any atom is 0.166 e. The number of halogens is 3. The van der Waals surface area contributed by atoms with Crippen molar-refractivity contribution in [1.82, 2.24) is 15.0 Å². The molecule has 4 aromatic rings. The predicted molar refractivity (Wildman–Crippen MR) is 109 cm³/mol. The average Bonchev–Trinajstić information content (AvgIpc) is 3.15. The van der Waals surface area contributed by atoms with E-state index in [-0.39, 0.29) is 11.5 Å². The van der Waals surface area contributed by atoms with Crippen molar-refractivity contribution in [2.45, 2.75) is 5.16 Å². The van der Waals surface area contributed by atoms with E-state index in [1.54, 1.807) is 30.5 Å². The highest BCUT2D eigenvalue weighted by molar-refractivity contribution is 7.98. The van der Waals surface area contributed by atoms with Gasteiger partial charge >= 0.3 is 0 Å². The Kier molecular flexibility index (Phi) is 5.26. The number of anilines is 2. The van der Waals surface area contributed by atoms with E-state index in [1.807, 2.05) is 6.26 Å². The highest BCUT2D eigenvalue weighted by Crippen LogP contribution is 2.33. The van der Waals surface area contributed by atoms with E-state index < -0.39 is 11.6 Å². The summed E-state index contributed by atoms with van der Waals surface area (Å²) in [4.78, 5) is 12.0. The second-order valence-corrected chi connectivity index (χ2v) is 6.95. The first-order chi connectivity index (χ1) is 14.0. The zero-order chi connectivity index (χ0) is 20.4. The first-order valence-electron chi connectivity index (χ1n) is 8.62. The molecular weight excluding hydrogens is 397 g/mol. The van der Waals surface area contributed by atoms with Gasteiger partial charge in [0.25, 0.3) is 0 Å². The number of thioether (sulfide) groups is 1. The number of H-pyrrole nitrogens is 1. The number of nitrogens with zero attached hydrogens (tertiary/aromatic N) is 2. The van der Waals surface area contributed by atoms with E-state index >= 15 is 0 Å². The number of rotatable bonds is 5. The molecule has 0 aliphatic heterocycles.